The van der Waals surface area contributed by atoms with Gasteiger partial charge in [-0.15, -0.1) is 31.7 Å². The SMILES string of the molecule is COc1cccc(Nc2nnc(SCc3nnc(-c4cccs4)o3)s2)c1. The summed E-state index contributed by atoms with van der Waals surface area (Å²) in [7, 11) is 1.64. The number of anilines is 2. The van der Waals surface area contributed by atoms with Crippen LogP contribution in [-0.4, -0.2) is 27.5 Å². The lowest BCUT2D eigenvalue weighted by molar-refractivity contribution is 0.415. The molecule has 0 unspecified atom stereocenters. The zero-order valence-electron chi connectivity index (χ0n) is 13.6. The van der Waals surface area contributed by atoms with Crippen LogP contribution in [0.5, 0.6) is 5.75 Å². The fourth-order valence-electron chi connectivity index (χ4n) is 2.08. The average Bonchev–Trinajstić information content (AvgIpc) is 3.41. The molecule has 132 valence electrons. The molecule has 26 heavy (non-hydrogen) atoms. The molecule has 4 rings (SSSR count). The maximum atomic E-state index is 5.67. The van der Waals surface area contributed by atoms with Crippen molar-refractivity contribution in [3.8, 4) is 16.5 Å². The second-order valence-corrected chi connectivity index (χ2v) is 8.14. The van der Waals surface area contributed by atoms with Gasteiger partial charge in [0.2, 0.25) is 11.0 Å². The first-order chi connectivity index (χ1) is 12.8. The van der Waals surface area contributed by atoms with Crippen molar-refractivity contribution < 1.29 is 9.15 Å². The van der Waals surface area contributed by atoms with E-state index in [4.69, 9.17) is 9.15 Å². The molecule has 0 bridgehead atoms. The average molecular weight is 404 g/mol. The lowest BCUT2D eigenvalue weighted by Crippen LogP contribution is -1.90. The van der Waals surface area contributed by atoms with Crippen LogP contribution in [0.1, 0.15) is 5.89 Å². The lowest BCUT2D eigenvalue weighted by Gasteiger charge is -2.04. The number of nitrogens with zero attached hydrogens (tertiary/aromatic N) is 4. The Labute approximate surface area is 161 Å². The van der Waals surface area contributed by atoms with Gasteiger partial charge >= 0.3 is 0 Å². The Morgan fingerprint density at radius 2 is 2.12 bits per heavy atom. The largest absolute Gasteiger partial charge is 0.497 e. The molecule has 1 N–H and O–H groups in total. The number of methoxy groups -OCH3 is 1. The maximum absolute atomic E-state index is 5.67. The highest BCUT2D eigenvalue weighted by Gasteiger charge is 2.12. The van der Waals surface area contributed by atoms with Crippen molar-refractivity contribution in [1.82, 2.24) is 20.4 Å². The topological polar surface area (TPSA) is 86.0 Å². The molecular weight excluding hydrogens is 390 g/mol. The van der Waals surface area contributed by atoms with Gasteiger partial charge in [-0.05, 0) is 23.6 Å². The molecule has 4 aromatic rings. The second kappa shape index (κ2) is 7.85. The summed E-state index contributed by atoms with van der Waals surface area (Å²) in [6.07, 6.45) is 0. The zero-order chi connectivity index (χ0) is 17.8. The quantitative estimate of drug-likeness (QED) is 0.445. The lowest BCUT2D eigenvalue weighted by atomic mass is 10.3. The van der Waals surface area contributed by atoms with Crippen LogP contribution in [0.25, 0.3) is 10.8 Å². The van der Waals surface area contributed by atoms with Gasteiger partial charge < -0.3 is 14.5 Å². The third-order valence-electron chi connectivity index (χ3n) is 3.25. The Morgan fingerprint density at radius 3 is 2.96 bits per heavy atom. The van der Waals surface area contributed by atoms with E-state index in [2.05, 4.69) is 25.7 Å². The molecule has 0 spiro atoms. The van der Waals surface area contributed by atoms with Gasteiger partial charge in [-0.25, -0.2) is 0 Å². The summed E-state index contributed by atoms with van der Waals surface area (Å²) in [5.74, 6) is 2.45. The van der Waals surface area contributed by atoms with Crippen molar-refractivity contribution in [3.63, 3.8) is 0 Å². The van der Waals surface area contributed by atoms with E-state index in [1.807, 2.05) is 41.8 Å². The number of ether oxygens (including phenoxy) is 1. The van der Waals surface area contributed by atoms with E-state index >= 15 is 0 Å². The van der Waals surface area contributed by atoms with E-state index in [0.717, 1.165) is 20.7 Å². The van der Waals surface area contributed by atoms with Crippen LogP contribution in [-0.2, 0) is 5.75 Å². The summed E-state index contributed by atoms with van der Waals surface area (Å²) < 4.78 is 11.7. The molecule has 0 radical (unpaired) electrons. The third-order valence-corrected chi connectivity index (χ3v) is 6.06. The molecule has 1 aromatic carbocycles. The van der Waals surface area contributed by atoms with E-state index in [1.165, 1.54) is 23.1 Å². The highest BCUT2D eigenvalue weighted by molar-refractivity contribution is 8.00. The van der Waals surface area contributed by atoms with Gasteiger partial charge in [0.25, 0.3) is 5.89 Å². The van der Waals surface area contributed by atoms with Gasteiger partial charge in [0.1, 0.15) is 5.75 Å². The smallest absolute Gasteiger partial charge is 0.257 e. The predicted molar refractivity (Wildman–Crippen MR) is 103 cm³/mol. The fraction of sp³-hybridized carbons (Fsp3) is 0.125. The molecule has 3 aromatic heterocycles. The monoisotopic (exact) mass is 403 g/mol. The van der Waals surface area contributed by atoms with Crippen molar-refractivity contribution in [2.75, 3.05) is 12.4 Å². The Kier molecular flexibility index (Phi) is 5.14. The summed E-state index contributed by atoms with van der Waals surface area (Å²) >= 11 is 4.55. The normalized spacial score (nSPS) is 10.8. The molecule has 0 aliphatic heterocycles. The van der Waals surface area contributed by atoms with Gasteiger partial charge in [-0.2, -0.15) is 0 Å². The highest BCUT2D eigenvalue weighted by atomic mass is 32.2. The number of hydrogen-bond donors (Lipinski definition) is 1. The first kappa shape index (κ1) is 17.0. The van der Waals surface area contributed by atoms with Gasteiger partial charge in [0.15, 0.2) is 4.34 Å². The van der Waals surface area contributed by atoms with Crippen LogP contribution in [0.2, 0.25) is 0 Å². The van der Waals surface area contributed by atoms with Gasteiger partial charge in [0, 0.05) is 11.8 Å². The molecule has 3 heterocycles. The molecule has 0 saturated carbocycles. The molecule has 0 aliphatic carbocycles. The van der Waals surface area contributed by atoms with Crippen LogP contribution in [0.15, 0.2) is 50.5 Å². The van der Waals surface area contributed by atoms with Crippen LogP contribution in [0.4, 0.5) is 10.8 Å². The summed E-state index contributed by atoms with van der Waals surface area (Å²) in [6.45, 7) is 0. The standard InChI is InChI=1S/C16H13N5O2S3/c1-22-11-5-2-4-10(8-11)17-15-20-21-16(26-15)25-9-13-18-19-14(23-13)12-6-3-7-24-12/h2-8H,9H2,1H3,(H,17,20). The zero-order valence-corrected chi connectivity index (χ0v) is 16.0. The first-order valence-electron chi connectivity index (χ1n) is 7.54. The Morgan fingerprint density at radius 1 is 1.15 bits per heavy atom. The van der Waals surface area contributed by atoms with Crippen LogP contribution < -0.4 is 10.1 Å². The molecule has 0 amide bonds. The van der Waals surface area contributed by atoms with Crippen molar-refractivity contribution in [2.45, 2.75) is 10.1 Å². The number of benzene rings is 1. The maximum Gasteiger partial charge on any atom is 0.257 e. The summed E-state index contributed by atoms with van der Waals surface area (Å²) in [5, 5.41) is 22.4. The number of thioether (sulfide) groups is 1. The number of aromatic nitrogens is 4. The molecule has 0 saturated heterocycles. The Bertz CT molecular complexity index is 983. The number of hydrogen-bond acceptors (Lipinski definition) is 10. The Hall–Kier alpha value is -2.43. The third kappa shape index (κ3) is 4.03. The van der Waals surface area contributed by atoms with Crippen molar-refractivity contribution in [1.29, 1.82) is 0 Å². The molecule has 7 nitrogen and oxygen atoms in total. The van der Waals surface area contributed by atoms with Crippen LogP contribution in [0, 0.1) is 0 Å². The molecule has 0 atom stereocenters. The first-order valence-corrected chi connectivity index (χ1v) is 10.2. The minimum atomic E-state index is 0.548. The minimum absolute atomic E-state index is 0.548. The van der Waals surface area contributed by atoms with Gasteiger partial charge in [-0.1, -0.05) is 35.2 Å². The van der Waals surface area contributed by atoms with Crippen molar-refractivity contribution in [3.05, 3.63) is 47.7 Å². The molecular formula is C16H13N5O2S3. The predicted octanol–water partition coefficient (Wildman–Crippen LogP) is 4.69. The summed E-state index contributed by atoms with van der Waals surface area (Å²) in [4.78, 5) is 0.967. The molecule has 0 aliphatic rings. The molecule has 0 fully saturated rings. The van der Waals surface area contributed by atoms with Crippen molar-refractivity contribution >= 4 is 45.3 Å². The van der Waals surface area contributed by atoms with E-state index in [9.17, 15) is 0 Å². The summed E-state index contributed by atoms with van der Waals surface area (Å²) in [5.41, 5.74) is 0.898. The van der Waals surface area contributed by atoms with E-state index in [1.54, 1.807) is 18.4 Å². The number of thiophene rings is 1. The van der Waals surface area contributed by atoms with Gasteiger partial charge in [0.05, 0.1) is 17.7 Å². The van der Waals surface area contributed by atoms with Crippen LogP contribution >= 0.6 is 34.4 Å². The summed E-state index contributed by atoms with van der Waals surface area (Å²) in [6, 6.07) is 11.6. The number of rotatable bonds is 7. The molecule has 10 heteroatoms. The highest BCUT2D eigenvalue weighted by Crippen LogP contribution is 2.31. The van der Waals surface area contributed by atoms with Crippen molar-refractivity contribution in [2.24, 2.45) is 0 Å². The van der Waals surface area contributed by atoms with E-state index < -0.39 is 0 Å². The Balaban J connectivity index is 1.36. The number of nitrogens with one attached hydrogen (secondary N) is 1. The van der Waals surface area contributed by atoms with E-state index in [0.29, 0.717) is 22.7 Å². The van der Waals surface area contributed by atoms with E-state index in [-0.39, 0.29) is 0 Å². The second-order valence-electron chi connectivity index (χ2n) is 5.00. The van der Waals surface area contributed by atoms with Crippen LogP contribution in [0.3, 0.4) is 0 Å². The minimum Gasteiger partial charge on any atom is -0.497 e. The fourth-order valence-corrected chi connectivity index (χ4v) is 4.33. The van der Waals surface area contributed by atoms with Gasteiger partial charge in [-0.3, -0.25) is 0 Å².